The van der Waals surface area contributed by atoms with Crippen LogP contribution in [-0.4, -0.2) is 88.3 Å². The Morgan fingerprint density at radius 1 is 1.02 bits per heavy atom. The van der Waals surface area contributed by atoms with E-state index in [1.807, 2.05) is 12.1 Å². The molecule has 1 saturated carbocycles. The summed E-state index contributed by atoms with van der Waals surface area (Å²) < 4.78 is 88.3. The number of hydrogen-bond acceptors (Lipinski definition) is 11. The average molecular weight is 893 g/mol. The highest BCUT2D eigenvalue weighted by atomic mass is 32.2. The average Bonchev–Trinajstić information content (AvgIpc) is 3.67. The fourth-order valence-corrected chi connectivity index (χ4v) is 10.1. The van der Waals surface area contributed by atoms with Gasteiger partial charge < -0.3 is 20.2 Å². The Morgan fingerprint density at radius 3 is 2.44 bits per heavy atom. The van der Waals surface area contributed by atoms with Crippen LogP contribution < -0.4 is 15.5 Å². The lowest BCUT2D eigenvalue weighted by Gasteiger charge is -2.55. The molecule has 1 atom stereocenters. The minimum Gasteiger partial charge on any atom is -0.389 e. The predicted molar refractivity (Wildman–Crippen MR) is 226 cm³/mol. The summed E-state index contributed by atoms with van der Waals surface area (Å²) >= 11 is 0. The first kappa shape index (κ1) is 44.2. The van der Waals surface area contributed by atoms with Crippen molar-refractivity contribution in [2.75, 3.05) is 42.9 Å². The lowest BCUT2D eigenvalue weighted by molar-refractivity contribution is -0.137. The molecule has 2 aromatic heterocycles. The second-order valence-corrected chi connectivity index (χ2v) is 19.7. The minimum atomic E-state index is -4.82. The molecule has 1 aliphatic carbocycles. The van der Waals surface area contributed by atoms with Crippen molar-refractivity contribution in [1.82, 2.24) is 30.0 Å². The summed E-state index contributed by atoms with van der Waals surface area (Å²) in [6.07, 6.45) is 4.64. The van der Waals surface area contributed by atoms with Crippen molar-refractivity contribution in [3.63, 3.8) is 0 Å². The van der Waals surface area contributed by atoms with E-state index in [4.69, 9.17) is 0 Å². The largest absolute Gasteiger partial charge is 0.510 e. The van der Waals surface area contributed by atoms with Crippen LogP contribution in [0.15, 0.2) is 66.0 Å². The molecule has 19 heteroatoms. The van der Waals surface area contributed by atoms with Crippen molar-refractivity contribution in [3.05, 3.63) is 82.2 Å². The molecule has 3 N–H and O–H groups in total. The first-order valence-electron chi connectivity index (χ1n) is 21.2. The normalized spacial score (nSPS) is 22.0. The topological polar surface area (TPSA) is 167 Å². The third-order valence-electron chi connectivity index (χ3n) is 12.6. The summed E-state index contributed by atoms with van der Waals surface area (Å²) in [4.78, 5) is 36.3. The maximum absolute atomic E-state index is 15.3. The van der Waals surface area contributed by atoms with Gasteiger partial charge >= 0.3 is 22.3 Å². The molecule has 2 amide bonds. The van der Waals surface area contributed by atoms with Crippen LogP contribution >= 0.6 is 0 Å². The number of rotatable bonds is 10. The highest BCUT2D eigenvalue weighted by molar-refractivity contribution is 7.93. The lowest BCUT2D eigenvalue weighted by atomic mass is 9.71. The molecule has 3 saturated heterocycles. The number of hydrogen-bond donors (Lipinski definition) is 3. The molecule has 1 spiro atoms. The molecular formula is C44H50F4N9O5S+. The molecule has 5 heterocycles. The molecule has 2 aromatic carbocycles. The number of amides is 2. The number of benzene rings is 2. The highest BCUT2D eigenvalue weighted by Gasteiger charge is 2.45. The van der Waals surface area contributed by atoms with Gasteiger partial charge in [0.2, 0.25) is 17.8 Å². The molecule has 1 unspecified atom stereocenters. The molecule has 4 fully saturated rings. The van der Waals surface area contributed by atoms with Gasteiger partial charge in [-0.05, 0) is 108 Å². The van der Waals surface area contributed by atoms with Crippen molar-refractivity contribution in [2.24, 2.45) is 17.3 Å². The van der Waals surface area contributed by atoms with Crippen LogP contribution in [-0.2, 0) is 32.3 Å². The zero-order chi connectivity index (χ0) is 44.7. The van der Waals surface area contributed by atoms with E-state index >= 15 is 4.39 Å². The van der Waals surface area contributed by atoms with Crippen LogP contribution in [0.25, 0.3) is 15.5 Å². The molecule has 334 valence electrons. The number of aliphatic hydroxyl groups is 1. The van der Waals surface area contributed by atoms with Crippen LogP contribution in [0.1, 0.15) is 82.3 Å². The fraction of sp³-hybridized carbons (Fsp3) is 0.500. The van der Waals surface area contributed by atoms with Gasteiger partial charge in [0.1, 0.15) is 11.4 Å². The molecule has 14 nitrogen and oxygen atoms in total. The Kier molecular flexibility index (Phi) is 12.1. The number of nitrogens with one attached hydrogen (secondary N) is 2. The molecular weight excluding hydrogens is 843 g/mol. The Balaban J connectivity index is 0.809. The van der Waals surface area contributed by atoms with Crippen molar-refractivity contribution in [1.29, 1.82) is 0 Å². The second-order valence-electron chi connectivity index (χ2n) is 18.1. The van der Waals surface area contributed by atoms with Gasteiger partial charge in [0, 0.05) is 61.2 Å². The highest BCUT2D eigenvalue weighted by Crippen LogP contribution is 2.44. The first-order valence-corrected chi connectivity index (χ1v) is 22.7. The van der Waals surface area contributed by atoms with Gasteiger partial charge in [0.05, 0.1) is 45.8 Å². The number of carbonyl (C=O) groups is 2. The molecule has 4 aromatic rings. The third-order valence-corrected chi connectivity index (χ3v) is 13.8. The van der Waals surface area contributed by atoms with E-state index in [0.29, 0.717) is 25.0 Å². The summed E-state index contributed by atoms with van der Waals surface area (Å²) in [6.45, 7) is 8.06. The Labute approximate surface area is 363 Å². The number of likely N-dealkylation sites (tertiary alicyclic amines) is 1. The molecule has 3 aliphatic heterocycles. The number of alkyl halides is 3. The summed E-state index contributed by atoms with van der Waals surface area (Å²) in [6, 6.07) is 14.0. The zero-order valence-corrected chi connectivity index (χ0v) is 35.9. The monoisotopic (exact) mass is 892 g/mol. The number of sulfonamides is 1. The number of nitrogens with zero attached hydrogens (tertiary/aromatic N) is 7. The fourth-order valence-electron chi connectivity index (χ4n) is 9.17. The Hall–Kier alpha value is -5.45. The second kappa shape index (κ2) is 17.3. The summed E-state index contributed by atoms with van der Waals surface area (Å²) in [5.74, 6) is -1.79. The summed E-state index contributed by atoms with van der Waals surface area (Å²) in [7, 11) is -4.30. The van der Waals surface area contributed by atoms with Gasteiger partial charge in [-0.1, -0.05) is 12.1 Å². The van der Waals surface area contributed by atoms with Gasteiger partial charge in [0.15, 0.2) is 4.90 Å². The summed E-state index contributed by atoms with van der Waals surface area (Å²) in [5.41, 5.74) is -0.771. The van der Waals surface area contributed by atoms with E-state index in [1.165, 1.54) is 30.9 Å². The number of anilines is 3. The van der Waals surface area contributed by atoms with Gasteiger partial charge in [0.25, 0.3) is 0 Å². The van der Waals surface area contributed by atoms with Gasteiger partial charge in [-0.25, -0.2) is 14.4 Å². The van der Waals surface area contributed by atoms with Crippen molar-refractivity contribution in [2.45, 2.75) is 94.3 Å². The van der Waals surface area contributed by atoms with Crippen LogP contribution in [0.3, 0.4) is 0 Å². The smallest absolute Gasteiger partial charge is 0.389 e. The Bertz CT molecular complexity index is 2540. The Morgan fingerprint density at radius 2 is 1.76 bits per heavy atom. The quantitative estimate of drug-likeness (QED) is 0.111. The van der Waals surface area contributed by atoms with Crippen molar-refractivity contribution >= 4 is 39.2 Å². The zero-order valence-electron chi connectivity index (χ0n) is 35.0. The van der Waals surface area contributed by atoms with E-state index in [0.717, 1.165) is 101 Å². The molecule has 0 radical (unpaired) electrons. The predicted octanol–water partition coefficient (Wildman–Crippen LogP) is 6.96. The van der Waals surface area contributed by atoms with Gasteiger partial charge in [-0.15, -0.1) is 8.42 Å². The molecule has 63 heavy (non-hydrogen) atoms. The maximum Gasteiger partial charge on any atom is 0.510 e. The van der Waals surface area contributed by atoms with Gasteiger partial charge in [-0.3, -0.25) is 19.6 Å². The van der Waals surface area contributed by atoms with E-state index < -0.39 is 43.8 Å². The molecule has 8 rings (SSSR count). The lowest BCUT2D eigenvalue weighted by Crippen LogP contribution is -2.60. The number of carbonyl (C=O) groups excluding carboxylic acids is 2. The molecule has 0 bridgehead atoms. The first-order chi connectivity index (χ1) is 29.8. The standard InChI is InChI=1S/C44H49F4N9O5S/c1-42(2,60)25-57-24-31(21-50-57)39-35(44(46,47)48)22-49-41(54-39)52-37-12-10-33(19-36(37)45)63(61,62)51-20-28-6-8-29(9-7-28)23-55-16-14-43(15-17-55)26-56(27-43)32-5-3-4-30(18-32)34-11-13-38(58)53-40(34)59/h3-5,10,12,18-19,21-22,24,28-29,34,60H,6-9,11,13-17,23,25-27H2,1-2H3,(H-,49,52,53,54,58,59)/p+1. The van der Waals surface area contributed by atoms with Crippen LogP contribution in [0.5, 0.6) is 0 Å². The number of imide groups is 1. The van der Waals surface area contributed by atoms with E-state index in [-0.39, 0.29) is 52.8 Å². The maximum atomic E-state index is 15.3. The van der Waals surface area contributed by atoms with E-state index in [9.17, 15) is 36.3 Å². The number of piperidine rings is 2. The number of halogens is 4. The summed E-state index contributed by atoms with van der Waals surface area (Å²) in [5, 5.41) is 19.1. The third kappa shape index (κ3) is 10.3. The number of aromatic nitrogens is 4. The van der Waals surface area contributed by atoms with E-state index in [2.05, 4.69) is 58.0 Å². The minimum absolute atomic E-state index is 0.00550. The van der Waals surface area contributed by atoms with Crippen LogP contribution in [0.2, 0.25) is 0 Å². The van der Waals surface area contributed by atoms with E-state index in [1.54, 1.807) is 0 Å². The SMILES string of the molecule is CC(C)(O)Cn1cc(-c2nc(Nc3ccc(S(=O)(=O)[N+]#CC4CCC(CN5CCC6(CC5)CN(c5cccc(C7CCC(=O)NC7=O)c5)C6)CC4)cc3F)ncc2C(F)(F)F)cn1. The molecule has 4 aliphatic rings. The van der Waals surface area contributed by atoms with Crippen molar-refractivity contribution in [3.8, 4) is 17.3 Å². The van der Waals surface area contributed by atoms with Crippen molar-refractivity contribution < 1.29 is 40.7 Å². The van der Waals surface area contributed by atoms with Gasteiger partial charge in [-0.2, -0.15) is 18.3 Å². The van der Waals surface area contributed by atoms with Crippen LogP contribution in [0, 0.1) is 29.1 Å². The van der Waals surface area contributed by atoms with Crippen LogP contribution in [0.4, 0.5) is 34.9 Å².